The molecule has 1 heterocycles. The van der Waals surface area contributed by atoms with Gasteiger partial charge >= 0.3 is 0 Å². The smallest absolute Gasteiger partial charge is 0.285 e. The van der Waals surface area contributed by atoms with Gasteiger partial charge in [-0.25, -0.2) is 0 Å². The lowest BCUT2D eigenvalue weighted by molar-refractivity contribution is -0.387. The van der Waals surface area contributed by atoms with Gasteiger partial charge in [-0.05, 0) is 48.5 Å². The average molecular weight is 367 g/mol. The van der Waals surface area contributed by atoms with Crippen LogP contribution < -0.4 is 5.32 Å². The van der Waals surface area contributed by atoms with Crippen LogP contribution in [0.1, 0.15) is 10.5 Å². The third-order valence-electron chi connectivity index (χ3n) is 3.38. The number of anilines is 1. The van der Waals surface area contributed by atoms with E-state index >= 15 is 0 Å². The van der Waals surface area contributed by atoms with Crippen LogP contribution in [0.3, 0.4) is 0 Å². The molecule has 3 rings (SSSR count). The Kier molecular flexibility index (Phi) is 5.14. The van der Waals surface area contributed by atoms with E-state index in [2.05, 4.69) is 10.3 Å². The van der Waals surface area contributed by atoms with Gasteiger partial charge in [0.2, 0.25) is 0 Å². The van der Waals surface area contributed by atoms with Gasteiger partial charge in [-0.3, -0.25) is 19.9 Å². The second-order valence-corrected chi connectivity index (χ2v) is 6.32. The molecule has 1 aromatic heterocycles. The first-order chi connectivity index (χ1) is 12.5. The van der Waals surface area contributed by atoms with Crippen LogP contribution in [-0.4, -0.2) is 20.9 Å². The first-order valence-corrected chi connectivity index (χ1v) is 8.32. The highest BCUT2D eigenvalue weighted by molar-refractivity contribution is 7.99. The number of carbonyl (C=O) groups excluding carboxylic acids is 1. The highest BCUT2D eigenvalue weighted by atomic mass is 32.2. The zero-order chi connectivity index (χ0) is 18.5. The van der Waals surface area contributed by atoms with Crippen LogP contribution in [0.25, 0.3) is 0 Å². The van der Waals surface area contributed by atoms with E-state index in [0.29, 0.717) is 10.6 Å². The number of nitrogens with one attached hydrogen (secondary N) is 1. The van der Waals surface area contributed by atoms with Gasteiger partial charge < -0.3 is 10.4 Å². The Morgan fingerprint density at radius 1 is 1.12 bits per heavy atom. The summed E-state index contributed by atoms with van der Waals surface area (Å²) in [4.78, 5) is 28.1. The molecule has 0 saturated heterocycles. The molecule has 0 aliphatic heterocycles. The minimum Gasteiger partial charge on any atom is -0.508 e. The predicted molar refractivity (Wildman–Crippen MR) is 97.5 cm³/mol. The minimum absolute atomic E-state index is 0.122. The van der Waals surface area contributed by atoms with E-state index in [9.17, 15) is 20.0 Å². The fourth-order valence-electron chi connectivity index (χ4n) is 2.16. The number of aromatic hydroxyl groups is 1. The lowest BCUT2D eigenvalue weighted by atomic mass is 10.2. The second-order valence-electron chi connectivity index (χ2n) is 5.20. The molecule has 0 fully saturated rings. The zero-order valence-corrected chi connectivity index (χ0v) is 14.1. The lowest BCUT2D eigenvalue weighted by Crippen LogP contribution is -2.13. The summed E-state index contributed by atoms with van der Waals surface area (Å²) in [5.74, 6) is -0.324. The van der Waals surface area contributed by atoms with Gasteiger partial charge in [0, 0.05) is 22.8 Å². The fourth-order valence-corrected chi connectivity index (χ4v) is 3.06. The molecule has 8 heteroatoms. The number of phenolic OH excluding ortho intramolecular Hbond substituents is 1. The van der Waals surface area contributed by atoms with Crippen LogP contribution >= 0.6 is 11.8 Å². The standard InChI is InChI=1S/C18H13N3O4S/c22-13-5-7-14(8-6-13)26-17-9-4-12(11-16(17)21(24)25)20-18(23)15-3-1-2-10-19-15/h1-11,22H,(H,20,23). The van der Waals surface area contributed by atoms with Crippen molar-refractivity contribution in [2.75, 3.05) is 5.32 Å². The van der Waals surface area contributed by atoms with Crippen molar-refractivity contribution in [1.82, 2.24) is 4.98 Å². The first kappa shape index (κ1) is 17.4. The van der Waals surface area contributed by atoms with Crippen molar-refractivity contribution in [2.24, 2.45) is 0 Å². The number of nitro groups is 1. The minimum atomic E-state index is -0.501. The number of benzene rings is 2. The first-order valence-electron chi connectivity index (χ1n) is 7.50. The summed E-state index contributed by atoms with van der Waals surface area (Å²) in [5.41, 5.74) is 0.405. The van der Waals surface area contributed by atoms with Gasteiger partial charge in [0.1, 0.15) is 11.4 Å². The number of phenols is 1. The highest BCUT2D eigenvalue weighted by Gasteiger charge is 2.17. The molecule has 0 unspecified atom stereocenters. The molecule has 26 heavy (non-hydrogen) atoms. The van der Waals surface area contributed by atoms with Crippen molar-refractivity contribution in [1.29, 1.82) is 0 Å². The largest absolute Gasteiger partial charge is 0.508 e. The van der Waals surface area contributed by atoms with E-state index in [1.54, 1.807) is 42.5 Å². The quantitative estimate of drug-likeness (QED) is 0.519. The van der Waals surface area contributed by atoms with Crippen LogP contribution in [0.4, 0.5) is 11.4 Å². The summed E-state index contributed by atoms with van der Waals surface area (Å²) in [7, 11) is 0. The third-order valence-corrected chi connectivity index (χ3v) is 4.45. The monoisotopic (exact) mass is 367 g/mol. The number of aromatic nitrogens is 1. The van der Waals surface area contributed by atoms with Crippen LogP contribution in [0, 0.1) is 10.1 Å². The SMILES string of the molecule is O=C(Nc1ccc(Sc2ccc(O)cc2)c([N+](=O)[O-])c1)c1ccccn1. The molecule has 130 valence electrons. The Morgan fingerprint density at radius 2 is 1.88 bits per heavy atom. The summed E-state index contributed by atoms with van der Waals surface area (Å²) in [6, 6.07) is 15.8. The van der Waals surface area contributed by atoms with Gasteiger partial charge in [0.15, 0.2) is 0 Å². The van der Waals surface area contributed by atoms with Crippen molar-refractivity contribution in [3.8, 4) is 5.75 Å². The van der Waals surface area contributed by atoms with Gasteiger partial charge in [-0.2, -0.15) is 0 Å². The number of nitrogens with zero attached hydrogens (tertiary/aromatic N) is 2. The van der Waals surface area contributed by atoms with Crippen LogP contribution in [0.2, 0.25) is 0 Å². The molecular formula is C18H13N3O4S. The van der Waals surface area contributed by atoms with Gasteiger partial charge in [0.25, 0.3) is 11.6 Å². The van der Waals surface area contributed by atoms with Gasteiger partial charge in [-0.1, -0.05) is 17.8 Å². The Hall–Kier alpha value is -3.39. The molecule has 0 atom stereocenters. The molecule has 1 amide bonds. The van der Waals surface area contributed by atoms with E-state index in [1.807, 2.05) is 0 Å². The van der Waals surface area contributed by atoms with E-state index < -0.39 is 10.8 Å². The summed E-state index contributed by atoms with van der Waals surface area (Å²) < 4.78 is 0. The van der Waals surface area contributed by atoms with Gasteiger partial charge in [0.05, 0.1) is 9.82 Å². The number of carbonyl (C=O) groups is 1. The van der Waals surface area contributed by atoms with E-state index in [-0.39, 0.29) is 17.1 Å². The van der Waals surface area contributed by atoms with E-state index in [4.69, 9.17) is 0 Å². The molecule has 7 nitrogen and oxygen atoms in total. The number of pyridine rings is 1. The molecule has 0 spiro atoms. The molecule has 0 aliphatic carbocycles. The number of hydrogen-bond acceptors (Lipinski definition) is 6. The van der Waals surface area contributed by atoms with Gasteiger partial charge in [-0.15, -0.1) is 0 Å². The Labute approximate surface area is 152 Å². The number of rotatable bonds is 5. The second kappa shape index (κ2) is 7.66. The average Bonchev–Trinajstić information content (AvgIpc) is 2.65. The van der Waals surface area contributed by atoms with Crippen molar-refractivity contribution in [3.05, 3.63) is 82.7 Å². The Balaban J connectivity index is 1.83. The summed E-state index contributed by atoms with van der Waals surface area (Å²) in [6.45, 7) is 0. The number of amides is 1. The summed E-state index contributed by atoms with van der Waals surface area (Å²) in [5, 5.41) is 23.3. The van der Waals surface area contributed by atoms with Crippen LogP contribution in [0.5, 0.6) is 5.75 Å². The lowest BCUT2D eigenvalue weighted by Gasteiger charge is -2.07. The Morgan fingerprint density at radius 3 is 2.54 bits per heavy atom. The normalized spacial score (nSPS) is 10.3. The van der Waals surface area contributed by atoms with E-state index in [0.717, 1.165) is 4.90 Å². The topological polar surface area (TPSA) is 105 Å². The molecule has 2 N–H and O–H groups in total. The molecule has 0 radical (unpaired) electrons. The maximum absolute atomic E-state index is 12.1. The molecular weight excluding hydrogens is 354 g/mol. The molecule has 2 aromatic carbocycles. The maximum Gasteiger partial charge on any atom is 0.285 e. The predicted octanol–water partition coefficient (Wildman–Crippen LogP) is 4.10. The zero-order valence-electron chi connectivity index (χ0n) is 13.3. The van der Waals surface area contributed by atoms with Crippen LogP contribution in [0.15, 0.2) is 76.7 Å². The van der Waals surface area contributed by atoms with Crippen molar-refractivity contribution in [3.63, 3.8) is 0 Å². The summed E-state index contributed by atoms with van der Waals surface area (Å²) in [6.07, 6.45) is 1.49. The number of nitro benzene ring substituents is 1. The molecule has 0 bridgehead atoms. The Bertz CT molecular complexity index is 946. The fraction of sp³-hybridized carbons (Fsp3) is 0. The van der Waals surface area contributed by atoms with Crippen molar-refractivity contribution in [2.45, 2.75) is 9.79 Å². The highest BCUT2D eigenvalue weighted by Crippen LogP contribution is 2.36. The molecule has 0 aliphatic rings. The summed E-state index contributed by atoms with van der Waals surface area (Å²) >= 11 is 1.20. The maximum atomic E-state index is 12.1. The third kappa shape index (κ3) is 4.17. The number of hydrogen-bond donors (Lipinski definition) is 2. The molecule has 3 aromatic rings. The molecule has 0 saturated carbocycles. The van der Waals surface area contributed by atoms with Crippen LogP contribution in [-0.2, 0) is 0 Å². The van der Waals surface area contributed by atoms with Crippen molar-refractivity contribution >= 4 is 29.0 Å². The van der Waals surface area contributed by atoms with E-state index in [1.165, 1.54) is 36.2 Å². The van der Waals surface area contributed by atoms with Crippen molar-refractivity contribution < 1.29 is 14.8 Å².